The number of carboxylic acid groups (broad SMARTS) is 1. The second kappa shape index (κ2) is 5.49. The topological polar surface area (TPSA) is 92.4 Å². The van der Waals surface area contributed by atoms with Gasteiger partial charge in [0.25, 0.3) is 0 Å². The van der Waals surface area contributed by atoms with Crippen molar-refractivity contribution < 1.29 is 14.7 Å². The maximum absolute atomic E-state index is 11.8. The van der Waals surface area contributed by atoms with Crippen molar-refractivity contribution in [3.05, 3.63) is 0 Å². The lowest BCUT2D eigenvalue weighted by Crippen LogP contribution is -2.49. The first-order valence-corrected chi connectivity index (χ1v) is 6.14. The van der Waals surface area contributed by atoms with E-state index in [2.05, 4.69) is 5.32 Å². The molecule has 5 nitrogen and oxygen atoms in total. The highest BCUT2D eigenvalue weighted by Gasteiger charge is 2.44. The third-order valence-corrected chi connectivity index (χ3v) is 3.76. The number of carbonyl (C=O) groups excluding carboxylic acids is 1. The number of amides is 1. The number of nitrogens with two attached hydrogens (primary N) is 1. The van der Waals surface area contributed by atoms with E-state index in [9.17, 15) is 9.59 Å². The summed E-state index contributed by atoms with van der Waals surface area (Å²) in [6.45, 7) is 4.40. The van der Waals surface area contributed by atoms with Crippen molar-refractivity contribution in [2.24, 2.45) is 23.0 Å². The van der Waals surface area contributed by atoms with Gasteiger partial charge in [-0.1, -0.05) is 20.3 Å². The first kappa shape index (κ1) is 14.0. The Morgan fingerprint density at radius 2 is 2.00 bits per heavy atom. The Morgan fingerprint density at radius 1 is 1.41 bits per heavy atom. The first-order chi connectivity index (χ1) is 7.93. The van der Waals surface area contributed by atoms with E-state index in [0.29, 0.717) is 19.4 Å². The first-order valence-electron chi connectivity index (χ1n) is 6.14. The van der Waals surface area contributed by atoms with Crippen LogP contribution in [0.2, 0.25) is 0 Å². The molecule has 0 spiro atoms. The number of carboxylic acids is 1. The van der Waals surface area contributed by atoms with Crippen molar-refractivity contribution >= 4 is 11.9 Å². The minimum absolute atomic E-state index is 0.130. The monoisotopic (exact) mass is 242 g/mol. The molecule has 0 saturated heterocycles. The molecule has 1 saturated carbocycles. The zero-order chi connectivity index (χ0) is 13.1. The van der Waals surface area contributed by atoms with Crippen molar-refractivity contribution in [3.8, 4) is 0 Å². The van der Waals surface area contributed by atoms with Gasteiger partial charge in [0, 0.05) is 13.1 Å². The van der Waals surface area contributed by atoms with E-state index < -0.39 is 11.4 Å². The molecule has 1 unspecified atom stereocenters. The second-order valence-corrected chi connectivity index (χ2v) is 5.24. The molecule has 1 amide bonds. The van der Waals surface area contributed by atoms with Crippen LogP contribution in [0.4, 0.5) is 0 Å². The molecule has 1 aliphatic carbocycles. The van der Waals surface area contributed by atoms with Gasteiger partial charge in [0.15, 0.2) is 0 Å². The summed E-state index contributed by atoms with van der Waals surface area (Å²) in [5.74, 6) is -1.00. The van der Waals surface area contributed by atoms with Crippen LogP contribution in [0, 0.1) is 17.3 Å². The highest BCUT2D eigenvalue weighted by Crippen LogP contribution is 2.40. The van der Waals surface area contributed by atoms with Crippen LogP contribution in [-0.4, -0.2) is 30.1 Å². The lowest BCUT2D eigenvalue weighted by molar-refractivity contribution is -0.154. The molecule has 0 bridgehead atoms. The molecule has 1 aliphatic rings. The van der Waals surface area contributed by atoms with E-state index in [4.69, 9.17) is 10.8 Å². The molecular weight excluding hydrogens is 220 g/mol. The fourth-order valence-electron chi connectivity index (χ4n) is 2.14. The van der Waals surface area contributed by atoms with Crippen molar-refractivity contribution in [3.63, 3.8) is 0 Å². The summed E-state index contributed by atoms with van der Waals surface area (Å²) in [5, 5.41) is 11.9. The molecule has 5 heteroatoms. The molecule has 17 heavy (non-hydrogen) atoms. The van der Waals surface area contributed by atoms with Gasteiger partial charge in [0.2, 0.25) is 5.91 Å². The van der Waals surface area contributed by atoms with E-state index in [-0.39, 0.29) is 24.3 Å². The largest absolute Gasteiger partial charge is 0.481 e. The zero-order valence-corrected chi connectivity index (χ0v) is 10.5. The van der Waals surface area contributed by atoms with Crippen LogP contribution >= 0.6 is 0 Å². The summed E-state index contributed by atoms with van der Waals surface area (Å²) in [6, 6.07) is 0. The predicted octanol–water partition coefficient (Wildman–Crippen LogP) is 0.588. The van der Waals surface area contributed by atoms with Crippen molar-refractivity contribution in [2.45, 2.75) is 33.1 Å². The van der Waals surface area contributed by atoms with Crippen molar-refractivity contribution in [1.82, 2.24) is 5.32 Å². The molecule has 0 aromatic rings. The van der Waals surface area contributed by atoms with Gasteiger partial charge in [-0.25, -0.2) is 0 Å². The fraction of sp³-hybridized carbons (Fsp3) is 0.833. The summed E-state index contributed by atoms with van der Waals surface area (Å²) in [5.41, 5.74) is 4.81. The number of hydrogen-bond acceptors (Lipinski definition) is 3. The molecule has 4 N–H and O–H groups in total. The van der Waals surface area contributed by atoms with E-state index in [1.165, 1.54) is 0 Å². The minimum atomic E-state index is -0.808. The normalized spacial score (nSPS) is 19.5. The molecule has 0 aromatic heterocycles. The third-order valence-electron chi connectivity index (χ3n) is 3.76. The van der Waals surface area contributed by atoms with Gasteiger partial charge in [0.1, 0.15) is 0 Å². The predicted molar refractivity (Wildman–Crippen MR) is 64.3 cm³/mol. The molecule has 1 fully saturated rings. The van der Waals surface area contributed by atoms with Gasteiger partial charge < -0.3 is 16.2 Å². The van der Waals surface area contributed by atoms with Crippen LogP contribution in [0.1, 0.15) is 33.1 Å². The molecular formula is C12H22N2O3. The average molecular weight is 242 g/mol. The van der Waals surface area contributed by atoms with E-state index in [0.717, 1.165) is 6.42 Å². The molecule has 1 atom stereocenters. The van der Waals surface area contributed by atoms with Crippen LogP contribution in [-0.2, 0) is 9.59 Å². The van der Waals surface area contributed by atoms with Crippen molar-refractivity contribution in [2.75, 3.05) is 13.1 Å². The van der Waals surface area contributed by atoms with Gasteiger partial charge in [-0.05, 0) is 18.8 Å². The van der Waals surface area contributed by atoms with Crippen LogP contribution in [0.5, 0.6) is 0 Å². The molecule has 1 rings (SSSR count). The average Bonchev–Trinajstić information content (AvgIpc) is 2.15. The van der Waals surface area contributed by atoms with Crippen LogP contribution in [0.15, 0.2) is 0 Å². The fourth-order valence-corrected chi connectivity index (χ4v) is 2.14. The van der Waals surface area contributed by atoms with Gasteiger partial charge >= 0.3 is 5.97 Å². The van der Waals surface area contributed by atoms with E-state index in [1.807, 2.05) is 13.8 Å². The number of aliphatic carboxylic acids is 1. The molecule has 0 aromatic carbocycles. The van der Waals surface area contributed by atoms with Gasteiger partial charge in [-0.15, -0.1) is 0 Å². The SMILES string of the molecule is CC(C)C(CN)C(=O)NCC1(C(=O)O)CCC1. The Hall–Kier alpha value is -1.10. The lowest BCUT2D eigenvalue weighted by Gasteiger charge is -2.38. The standard InChI is InChI=1S/C12H22N2O3/c1-8(2)9(6-13)10(15)14-7-12(11(16)17)4-3-5-12/h8-9H,3-7,13H2,1-2H3,(H,14,15)(H,16,17). The van der Waals surface area contributed by atoms with Gasteiger partial charge in [-0.2, -0.15) is 0 Å². The smallest absolute Gasteiger partial charge is 0.311 e. The highest BCUT2D eigenvalue weighted by atomic mass is 16.4. The van der Waals surface area contributed by atoms with Gasteiger partial charge in [-0.3, -0.25) is 9.59 Å². The van der Waals surface area contributed by atoms with Crippen molar-refractivity contribution in [1.29, 1.82) is 0 Å². The Kier molecular flexibility index (Phi) is 4.51. The summed E-state index contributed by atoms with van der Waals surface area (Å²) >= 11 is 0. The summed E-state index contributed by atoms with van der Waals surface area (Å²) in [7, 11) is 0. The molecule has 0 heterocycles. The minimum Gasteiger partial charge on any atom is -0.481 e. The zero-order valence-electron chi connectivity index (χ0n) is 10.5. The Morgan fingerprint density at radius 3 is 2.29 bits per heavy atom. The third kappa shape index (κ3) is 2.97. The Bertz CT molecular complexity index is 298. The highest BCUT2D eigenvalue weighted by molar-refractivity contribution is 5.81. The summed E-state index contributed by atoms with van der Waals surface area (Å²) in [6.07, 6.45) is 2.22. The quantitative estimate of drug-likeness (QED) is 0.635. The Balaban J connectivity index is 2.49. The van der Waals surface area contributed by atoms with Crippen LogP contribution < -0.4 is 11.1 Å². The van der Waals surface area contributed by atoms with Crippen LogP contribution in [0.25, 0.3) is 0 Å². The second-order valence-electron chi connectivity index (χ2n) is 5.24. The molecule has 0 aliphatic heterocycles. The molecule has 98 valence electrons. The van der Waals surface area contributed by atoms with Gasteiger partial charge in [0.05, 0.1) is 11.3 Å². The maximum atomic E-state index is 11.8. The summed E-state index contributed by atoms with van der Waals surface area (Å²) < 4.78 is 0. The van der Waals surface area contributed by atoms with E-state index >= 15 is 0 Å². The van der Waals surface area contributed by atoms with Crippen LogP contribution in [0.3, 0.4) is 0 Å². The Labute approximate surface area is 102 Å². The molecule has 0 radical (unpaired) electrons. The summed E-state index contributed by atoms with van der Waals surface area (Å²) in [4.78, 5) is 23.0. The lowest BCUT2D eigenvalue weighted by atomic mass is 9.68. The van der Waals surface area contributed by atoms with E-state index in [1.54, 1.807) is 0 Å². The number of hydrogen-bond donors (Lipinski definition) is 3. The maximum Gasteiger partial charge on any atom is 0.311 e. The number of rotatable bonds is 6. The number of carbonyl (C=O) groups is 2. The number of nitrogens with one attached hydrogen (secondary N) is 1.